The number of amides is 1. The van der Waals surface area contributed by atoms with Gasteiger partial charge < -0.3 is 15.2 Å². The van der Waals surface area contributed by atoms with Gasteiger partial charge in [0.25, 0.3) is 0 Å². The Labute approximate surface area is 171 Å². The molecule has 5 nitrogen and oxygen atoms in total. The molecule has 3 rings (SSSR count). The summed E-state index contributed by atoms with van der Waals surface area (Å²) in [4.78, 5) is 23.8. The average Bonchev–Trinajstić information content (AvgIpc) is 2.72. The van der Waals surface area contributed by atoms with Crippen molar-refractivity contribution < 1.29 is 19.4 Å². The first kappa shape index (κ1) is 20.6. The van der Waals surface area contributed by atoms with Crippen molar-refractivity contribution >= 4 is 11.9 Å². The highest BCUT2D eigenvalue weighted by atomic mass is 16.5. The summed E-state index contributed by atoms with van der Waals surface area (Å²) >= 11 is 0. The fourth-order valence-corrected chi connectivity index (χ4v) is 3.78. The third-order valence-corrected chi connectivity index (χ3v) is 5.27. The molecular weight excluding hydrogens is 366 g/mol. The fraction of sp³-hybridized carbons (Fsp3) is 0.333. The Morgan fingerprint density at radius 1 is 1.03 bits per heavy atom. The van der Waals surface area contributed by atoms with Crippen LogP contribution in [0.4, 0.5) is 0 Å². The molecule has 2 N–H and O–H groups in total. The molecule has 0 atom stereocenters. The molecule has 0 aliphatic heterocycles. The van der Waals surface area contributed by atoms with Crippen molar-refractivity contribution in [3.05, 3.63) is 75.9 Å². The van der Waals surface area contributed by atoms with Crippen molar-refractivity contribution in [2.24, 2.45) is 0 Å². The Balaban J connectivity index is 1.71. The van der Waals surface area contributed by atoms with Gasteiger partial charge in [-0.05, 0) is 80.0 Å². The Hall–Kier alpha value is -3.08. The summed E-state index contributed by atoms with van der Waals surface area (Å²) in [7, 11) is 1.67. The largest absolute Gasteiger partial charge is 0.497 e. The second-order valence-electron chi connectivity index (χ2n) is 7.51. The zero-order chi connectivity index (χ0) is 20.8. The third-order valence-electron chi connectivity index (χ3n) is 5.27. The average molecular weight is 393 g/mol. The van der Waals surface area contributed by atoms with E-state index in [9.17, 15) is 9.59 Å². The minimum Gasteiger partial charge on any atom is -0.497 e. The van der Waals surface area contributed by atoms with Crippen molar-refractivity contribution in [3.8, 4) is 5.75 Å². The van der Waals surface area contributed by atoms with Gasteiger partial charge in [0.15, 0.2) is 0 Å². The minimum atomic E-state index is -0.953. The predicted molar refractivity (Wildman–Crippen MR) is 112 cm³/mol. The van der Waals surface area contributed by atoms with Crippen molar-refractivity contribution in [2.75, 3.05) is 7.11 Å². The second-order valence-corrected chi connectivity index (χ2v) is 7.51. The fourth-order valence-electron chi connectivity index (χ4n) is 3.78. The SMILES string of the molecule is COc1cc(C)cc(CC2=C(C(=O)NCc3ccc(C(=O)O)cc3)CCCC2)c1. The molecular formula is C24H27NO4. The number of carboxylic acid groups (broad SMARTS) is 1. The van der Waals surface area contributed by atoms with Gasteiger partial charge in [0.2, 0.25) is 5.91 Å². The van der Waals surface area contributed by atoms with Crippen LogP contribution in [-0.2, 0) is 17.8 Å². The van der Waals surface area contributed by atoms with E-state index in [0.29, 0.717) is 6.54 Å². The van der Waals surface area contributed by atoms with E-state index < -0.39 is 5.97 Å². The maximum absolute atomic E-state index is 12.8. The first-order chi connectivity index (χ1) is 14.0. The van der Waals surface area contributed by atoms with Crippen LogP contribution in [0.15, 0.2) is 53.6 Å². The minimum absolute atomic E-state index is 0.0263. The standard InChI is InChI=1S/C24H27NO4/c1-16-11-18(14-21(12-16)29-2)13-20-5-3-4-6-22(20)23(26)25-15-17-7-9-19(10-8-17)24(27)28/h7-12,14H,3-6,13,15H2,1-2H3,(H,25,26)(H,27,28). The Bertz CT molecular complexity index is 928. The van der Waals surface area contributed by atoms with Crippen molar-refractivity contribution in [1.82, 2.24) is 5.32 Å². The monoisotopic (exact) mass is 393 g/mol. The van der Waals surface area contributed by atoms with Gasteiger partial charge in [-0.3, -0.25) is 4.79 Å². The van der Waals surface area contributed by atoms with E-state index in [0.717, 1.165) is 60.1 Å². The molecule has 0 aromatic heterocycles. The van der Waals surface area contributed by atoms with Crippen LogP contribution in [0.2, 0.25) is 0 Å². The number of nitrogens with one attached hydrogen (secondary N) is 1. The molecule has 1 amide bonds. The third kappa shape index (κ3) is 5.47. The number of carboxylic acids is 1. The molecule has 2 aromatic rings. The molecule has 0 unspecified atom stereocenters. The summed E-state index contributed by atoms with van der Waals surface area (Å²) in [5.74, 6) is -0.140. The first-order valence-corrected chi connectivity index (χ1v) is 9.92. The van der Waals surface area contributed by atoms with E-state index >= 15 is 0 Å². The van der Waals surface area contributed by atoms with Gasteiger partial charge in [-0.2, -0.15) is 0 Å². The smallest absolute Gasteiger partial charge is 0.335 e. The normalized spacial score (nSPS) is 13.9. The van der Waals surface area contributed by atoms with Gasteiger partial charge in [0, 0.05) is 12.1 Å². The van der Waals surface area contributed by atoms with Gasteiger partial charge in [0.1, 0.15) is 5.75 Å². The number of aryl methyl sites for hydroxylation is 1. The second kappa shape index (κ2) is 9.41. The number of benzene rings is 2. The highest BCUT2D eigenvalue weighted by Crippen LogP contribution is 2.29. The number of aromatic carboxylic acids is 1. The van der Waals surface area contributed by atoms with Gasteiger partial charge in [-0.15, -0.1) is 0 Å². The Morgan fingerprint density at radius 3 is 2.45 bits per heavy atom. The molecule has 0 fully saturated rings. The van der Waals surface area contributed by atoms with Crippen LogP contribution in [-0.4, -0.2) is 24.1 Å². The van der Waals surface area contributed by atoms with E-state index in [1.165, 1.54) is 5.57 Å². The highest BCUT2D eigenvalue weighted by Gasteiger charge is 2.19. The topological polar surface area (TPSA) is 75.6 Å². The lowest BCUT2D eigenvalue weighted by Gasteiger charge is -2.21. The summed E-state index contributed by atoms with van der Waals surface area (Å²) in [6.45, 7) is 2.43. The summed E-state index contributed by atoms with van der Waals surface area (Å²) in [6.07, 6.45) is 4.62. The number of ether oxygens (including phenoxy) is 1. The molecule has 0 spiro atoms. The molecule has 152 valence electrons. The molecule has 0 saturated heterocycles. The maximum Gasteiger partial charge on any atom is 0.335 e. The Morgan fingerprint density at radius 2 is 1.76 bits per heavy atom. The van der Waals surface area contributed by atoms with Crippen LogP contribution in [0.1, 0.15) is 52.7 Å². The van der Waals surface area contributed by atoms with Gasteiger partial charge >= 0.3 is 5.97 Å². The lowest BCUT2D eigenvalue weighted by Crippen LogP contribution is -2.27. The van der Waals surface area contributed by atoms with Gasteiger partial charge in [-0.25, -0.2) is 4.79 Å². The highest BCUT2D eigenvalue weighted by molar-refractivity contribution is 5.94. The van der Waals surface area contributed by atoms with Crippen molar-refractivity contribution in [3.63, 3.8) is 0 Å². The van der Waals surface area contributed by atoms with Crippen LogP contribution in [0.3, 0.4) is 0 Å². The van der Waals surface area contributed by atoms with Gasteiger partial charge in [0.05, 0.1) is 12.7 Å². The van der Waals surface area contributed by atoms with Crippen LogP contribution in [0.25, 0.3) is 0 Å². The first-order valence-electron chi connectivity index (χ1n) is 9.92. The van der Waals surface area contributed by atoms with Crippen LogP contribution in [0, 0.1) is 6.92 Å². The molecule has 0 saturated carbocycles. The predicted octanol–water partition coefficient (Wildman–Crippen LogP) is 4.43. The number of hydrogen-bond acceptors (Lipinski definition) is 3. The quantitative estimate of drug-likeness (QED) is 0.730. The summed E-state index contributed by atoms with van der Waals surface area (Å²) in [5, 5.41) is 12.0. The van der Waals surface area contributed by atoms with Crippen LogP contribution >= 0.6 is 0 Å². The molecule has 1 aliphatic carbocycles. The van der Waals surface area contributed by atoms with E-state index in [-0.39, 0.29) is 11.5 Å². The zero-order valence-electron chi connectivity index (χ0n) is 17.0. The number of allylic oxidation sites excluding steroid dienone is 1. The van der Waals surface area contributed by atoms with Crippen LogP contribution in [0.5, 0.6) is 5.75 Å². The van der Waals surface area contributed by atoms with Crippen molar-refractivity contribution in [1.29, 1.82) is 0 Å². The molecule has 0 heterocycles. The molecule has 0 bridgehead atoms. The van der Waals surface area contributed by atoms with Crippen molar-refractivity contribution in [2.45, 2.75) is 45.6 Å². The molecule has 2 aromatic carbocycles. The van der Waals surface area contributed by atoms with E-state index in [1.54, 1.807) is 31.4 Å². The van der Waals surface area contributed by atoms with E-state index in [4.69, 9.17) is 9.84 Å². The van der Waals surface area contributed by atoms with Crippen LogP contribution < -0.4 is 10.1 Å². The molecule has 1 aliphatic rings. The number of carbonyl (C=O) groups excluding carboxylic acids is 1. The lowest BCUT2D eigenvalue weighted by atomic mass is 9.87. The molecule has 5 heteroatoms. The number of hydrogen-bond donors (Lipinski definition) is 2. The summed E-state index contributed by atoms with van der Waals surface area (Å²) in [5.41, 5.74) is 5.51. The molecule has 29 heavy (non-hydrogen) atoms. The van der Waals surface area contributed by atoms with E-state index in [1.807, 2.05) is 19.1 Å². The zero-order valence-corrected chi connectivity index (χ0v) is 17.0. The molecule has 0 radical (unpaired) electrons. The van der Waals surface area contributed by atoms with E-state index in [2.05, 4.69) is 11.4 Å². The lowest BCUT2D eigenvalue weighted by molar-refractivity contribution is -0.118. The van der Waals surface area contributed by atoms with Gasteiger partial charge in [-0.1, -0.05) is 23.8 Å². The summed E-state index contributed by atoms with van der Waals surface area (Å²) in [6, 6.07) is 12.8. The number of methoxy groups -OCH3 is 1. The number of rotatable bonds is 7. The number of carbonyl (C=O) groups is 2. The maximum atomic E-state index is 12.8. The summed E-state index contributed by atoms with van der Waals surface area (Å²) < 4.78 is 5.38. The Kier molecular flexibility index (Phi) is 6.70.